The largest absolute Gasteiger partial charge is 0.347 e. The average molecular weight is 384 g/mol. The second-order valence-corrected chi connectivity index (χ2v) is 7.38. The molecular formula is C23H20N4O2. The number of amides is 1. The second-order valence-electron chi connectivity index (χ2n) is 7.38. The number of aromatic amines is 1. The standard InChI is InChI=1S/C23H20N4O2/c28-21-13-18(15-26(21)14-16-7-2-1-3-8-16)22-24-25-23(29)27(22)20-12-6-10-17-9-4-5-11-19(17)20/h1-12,18H,13-15H2,(H,25,29)/t18-/m0/s1. The van der Waals surface area contributed by atoms with Gasteiger partial charge in [-0.25, -0.2) is 14.5 Å². The molecule has 0 spiro atoms. The third kappa shape index (κ3) is 3.12. The van der Waals surface area contributed by atoms with Crippen molar-refractivity contribution >= 4 is 16.7 Å². The second kappa shape index (κ2) is 7.05. The number of hydrogen-bond acceptors (Lipinski definition) is 3. The Morgan fingerprint density at radius 3 is 2.55 bits per heavy atom. The zero-order chi connectivity index (χ0) is 19.8. The third-order valence-corrected chi connectivity index (χ3v) is 5.50. The predicted octanol–water partition coefficient (Wildman–Crippen LogP) is 3.23. The summed E-state index contributed by atoms with van der Waals surface area (Å²) in [6.45, 7) is 1.11. The minimum Gasteiger partial charge on any atom is -0.338 e. The van der Waals surface area contributed by atoms with Crippen LogP contribution >= 0.6 is 0 Å². The summed E-state index contributed by atoms with van der Waals surface area (Å²) in [5.74, 6) is 0.554. The molecule has 1 aromatic heterocycles. The Morgan fingerprint density at radius 2 is 1.69 bits per heavy atom. The van der Waals surface area contributed by atoms with Crippen molar-refractivity contribution in [1.82, 2.24) is 19.7 Å². The van der Waals surface area contributed by atoms with E-state index in [1.807, 2.05) is 77.7 Å². The minimum atomic E-state index is -0.287. The summed E-state index contributed by atoms with van der Waals surface area (Å²) >= 11 is 0. The van der Waals surface area contributed by atoms with Gasteiger partial charge in [0.25, 0.3) is 0 Å². The van der Waals surface area contributed by atoms with Gasteiger partial charge in [0.15, 0.2) is 0 Å². The Hall–Kier alpha value is -3.67. The lowest BCUT2D eigenvalue weighted by molar-refractivity contribution is -0.128. The normalized spacial score (nSPS) is 16.6. The van der Waals surface area contributed by atoms with Crippen molar-refractivity contribution in [2.24, 2.45) is 0 Å². The number of carbonyl (C=O) groups excluding carboxylic acids is 1. The van der Waals surface area contributed by atoms with Crippen LogP contribution in [0.3, 0.4) is 0 Å². The van der Waals surface area contributed by atoms with Crippen molar-refractivity contribution in [2.75, 3.05) is 6.54 Å². The monoisotopic (exact) mass is 384 g/mol. The van der Waals surface area contributed by atoms with Gasteiger partial charge in [0.2, 0.25) is 5.91 Å². The Labute approximate surface area is 167 Å². The Balaban J connectivity index is 1.51. The van der Waals surface area contributed by atoms with E-state index in [0.29, 0.717) is 25.3 Å². The number of benzene rings is 3. The fourth-order valence-electron chi connectivity index (χ4n) is 4.12. The first-order valence-corrected chi connectivity index (χ1v) is 9.68. The maximum Gasteiger partial charge on any atom is 0.347 e. The van der Waals surface area contributed by atoms with Gasteiger partial charge >= 0.3 is 5.69 Å². The highest BCUT2D eigenvalue weighted by molar-refractivity contribution is 5.90. The van der Waals surface area contributed by atoms with Crippen LogP contribution < -0.4 is 5.69 Å². The minimum absolute atomic E-state index is 0.0822. The SMILES string of the molecule is O=C1C[C@H](c2n[nH]c(=O)n2-c2cccc3ccccc23)CN1Cc1ccccc1. The summed E-state index contributed by atoms with van der Waals surface area (Å²) in [4.78, 5) is 27.1. The van der Waals surface area contributed by atoms with Gasteiger partial charge in [-0.15, -0.1) is 0 Å². The average Bonchev–Trinajstić information content (AvgIpc) is 3.31. The molecule has 0 radical (unpaired) electrons. The van der Waals surface area contributed by atoms with Crippen molar-refractivity contribution in [2.45, 2.75) is 18.9 Å². The molecule has 6 heteroatoms. The topological polar surface area (TPSA) is 71.0 Å². The van der Waals surface area contributed by atoms with Crippen LogP contribution in [0.2, 0.25) is 0 Å². The molecule has 1 aliphatic heterocycles. The highest BCUT2D eigenvalue weighted by atomic mass is 16.2. The maximum absolute atomic E-state index is 12.6. The molecule has 1 N–H and O–H groups in total. The molecule has 1 atom stereocenters. The summed E-state index contributed by atoms with van der Waals surface area (Å²) in [6.07, 6.45) is 0.349. The zero-order valence-corrected chi connectivity index (χ0v) is 15.8. The van der Waals surface area contributed by atoms with Gasteiger partial charge in [-0.1, -0.05) is 66.7 Å². The zero-order valence-electron chi connectivity index (χ0n) is 15.8. The number of nitrogens with zero attached hydrogens (tertiary/aromatic N) is 3. The molecule has 6 nitrogen and oxygen atoms in total. The van der Waals surface area contributed by atoms with Gasteiger partial charge in [0.05, 0.1) is 5.69 Å². The van der Waals surface area contributed by atoms with E-state index in [4.69, 9.17) is 0 Å². The highest BCUT2D eigenvalue weighted by Crippen LogP contribution is 2.30. The number of hydrogen-bond donors (Lipinski definition) is 1. The molecule has 5 rings (SSSR count). The van der Waals surface area contributed by atoms with Gasteiger partial charge in [0.1, 0.15) is 5.82 Å². The number of aromatic nitrogens is 3. The number of nitrogens with one attached hydrogen (secondary N) is 1. The van der Waals surface area contributed by atoms with E-state index in [0.717, 1.165) is 22.0 Å². The molecule has 0 saturated carbocycles. The maximum atomic E-state index is 12.6. The molecule has 0 aliphatic carbocycles. The summed E-state index contributed by atoms with van der Waals surface area (Å²) in [5, 5.41) is 8.92. The van der Waals surface area contributed by atoms with Crippen LogP contribution in [0.25, 0.3) is 16.5 Å². The lowest BCUT2D eigenvalue weighted by atomic mass is 10.1. The first-order chi connectivity index (χ1) is 14.2. The van der Waals surface area contributed by atoms with E-state index >= 15 is 0 Å². The summed E-state index contributed by atoms with van der Waals surface area (Å²) in [7, 11) is 0. The van der Waals surface area contributed by atoms with E-state index in [1.54, 1.807) is 4.57 Å². The van der Waals surface area contributed by atoms with Crippen molar-refractivity contribution < 1.29 is 4.79 Å². The van der Waals surface area contributed by atoms with Crippen molar-refractivity contribution in [3.63, 3.8) is 0 Å². The summed E-state index contributed by atoms with van der Waals surface area (Å²) in [5.41, 5.74) is 1.59. The number of H-pyrrole nitrogens is 1. The van der Waals surface area contributed by atoms with Crippen molar-refractivity contribution in [3.8, 4) is 5.69 Å². The van der Waals surface area contributed by atoms with E-state index in [2.05, 4.69) is 10.2 Å². The molecule has 1 amide bonds. The Kier molecular flexibility index (Phi) is 4.24. The van der Waals surface area contributed by atoms with Crippen LogP contribution in [0, 0.1) is 0 Å². The predicted molar refractivity (Wildman–Crippen MR) is 111 cm³/mol. The molecular weight excluding hydrogens is 364 g/mol. The van der Waals surface area contributed by atoms with Gasteiger partial charge in [0, 0.05) is 30.8 Å². The number of rotatable bonds is 4. The van der Waals surface area contributed by atoms with Gasteiger partial charge < -0.3 is 4.90 Å². The fraction of sp³-hybridized carbons (Fsp3) is 0.174. The van der Waals surface area contributed by atoms with Crippen molar-refractivity contribution in [1.29, 1.82) is 0 Å². The molecule has 1 aliphatic rings. The number of likely N-dealkylation sites (tertiary alicyclic amines) is 1. The lowest BCUT2D eigenvalue weighted by Crippen LogP contribution is -2.25. The van der Waals surface area contributed by atoms with Gasteiger partial charge in [-0.2, -0.15) is 5.10 Å². The molecule has 0 unspecified atom stereocenters. The number of fused-ring (bicyclic) bond motifs is 1. The van der Waals surface area contributed by atoms with Gasteiger partial charge in [-0.3, -0.25) is 4.79 Å². The third-order valence-electron chi connectivity index (χ3n) is 5.50. The quantitative estimate of drug-likeness (QED) is 0.587. The van der Waals surface area contributed by atoms with E-state index < -0.39 is 0 Å². The number of carbonyl (C=O) groups is 1. The van der Waals surface area contributed by atoms with Crippen LogP contribution in [-0.2, 0) is 11.3 Å². The Bertz CT molecular complexity index is 1240. The van der Waals surface area contributed by atoms with Crippen LogP contribution in [0.15, 0.2) is 77.6 Å². The molecule has 4 aromatic rings. The highest BCUT2D eigenvalue weighted by Gasteiger charge is 2.34. The summed E-state index contributed by atoms with van der Waals surface area (Å²) in [6, 6.07) is 23.7. The molecule has 144 valence electrons. The van der Waals surface area contributed by atoms with Crippen LogP contribution in [0.1, 0.15) is 23.7 Å². The molecule has 3 aromatic carbocycles. The van der Waals surface area contributed by atoms with E-state index in [-0.39, 0.29) is 17.5 Å². The first-order valence-electron chi connectivity index (χ1n) is 9.68. The fourth-order valence-corrected chi connectivity index (χ4v) is 4.12. The van der Waals surface area contributed by atoms with Crippen LogP contribution in [-0.4, -0.2) is 32.1 Å². The lowest BCUT2D eigenvalue weighted by Gasteiger charge is -2.17. The van der Waals surface area contributed by atoms with Gasteiger partial charge in [-0.05, 0) is 17.0 Å². The first kappa shape index (κ1) is 17.4. The molecule has 0 bridgehead atoms. The molecule has 1 fully saturated rings. The smallest absolute Gasteiger partial charge is 0.338 e. The Morgan fingerprint density at radius 1 is 0.931 bits per heavy atom. The van der Waals surface area contributed by atoms with Crippen LogP contribution in [0.4, 0.5) is 0 Å². The van der Waals surface area contributed by atoms with E-state index in [1.165, 1.54) is 0 Å². The molecule has 2 heterocycles. The summed E-state index contributed by atoms with van der Waals surface area (Å²) < 4.78 is 1.62. The van der Waals surface area contributed by atoms with Crippen molar-refractivity contribution in [3.05, 3.63) is 94.7 Å². The van der Waals surface area contributed by atoms with E-state index in [9.17, 15) is 9.59 Å². The van der Waals surface area contributed by atoms with Crippen LogP contribution in [0.5, 0.6) is 0 Å². The molecule has 29 heavy (non-hydrogen) atoms. The molecule has 1 saturated heterocycles.